The Hall–Kier alpha value is -1.63. The van der Waals surface area contributed by atoms with Gasteiger partial charge in [-0.15, -0.1) is 11.3 Å². The van der Waals surface area contributed by atoms with Gasteiger partial charge in [0.25, 0.3) is 0 Å². The smallest absolute Gasteiger partial charge is 0.378 e. The molecule has 1 fully saturated rings. The van der Waals surface area contributed by atoms with E-state index in [4.69, 9.17) is 4.74 Å². The first kappa shape index (κ1) is 19.1. The molecule has 0 amide bonds. The average Bonchev–Trinajstić information content (AvgIpc) is 3.21. The van der Waals surface area contributed by atoms with Gasteiger partial charge >= 0.3 is 6.18 Å². The van der Waals surface area contributed by atoms with E-state index >= 15 is 0 Å². The van der Waals surface area contributed by atoms with Gasteiger partial charge in [-0.25, -0.2) is 13.1 Å². The Morgan fingerprint density at radius 3 is 2.62 bits per heavy atom. The molecule has 0 radical (unpaired) electrons. The Labute approximate surface area is 152 Å². The molecule has 1 aliphatic heterocycles. The number of sulfonamides is 1. The minimum atomic E-state index is -4.69. The van der Waals surface area contributed by atoms with Gasteiger partial charge in [-0.2, -0.15) is 18.3 Å². The predicted octanol–water partition coefficient (Wildman–Crippen LogP) is 1.82. The van der Waals surface area contributed by atoms with Crippen LogP contribution in [-0.4, -0.2) is 44.5 Å². The Balaban J connectivity index is 1.95. The molecule has 1 saturated heterocycles. The lowest BCUT2D eigenvalue weighted by Gasteiger charge is -2.29. The summed E-state index contributed by atoms with van der Waals surface area (Å²) in [5.41, 5.74) is -1.28. The van der Waals surface area contributed by atoms with Crippen LogP contribution in [0.15, 0.2) is 21.7 Å². The number of hydrogen-bond acceptors (Lipinski definition) is 6. The highest BCUT2D eigenvalue weighted by atomic mass is 32.2. The summed E-state index contributed by atoms with van der Waals surface area (Å²) in [6, 6.07) is 2.95. The summed E-state index contributed by atoms with van der Waals surface area (Å²) in [5.74, 6) is 0.245. The highest BCUT2D eigenvalue weighted by Crippen LogP contribution is 2.36. The van der Waals surface area contributed by atoms with Gasteiger partial charge in [0, 0.05) is 32.2 Å². The lowest BCUT2D eigenvalue weighted by molar-refractivity contribution is -0.142. The largest absolute Gasteiger partial charge is 0.435 e. The number of nitrogens with one attached hydrogen (secondary N) is 1. The minimum absolute atomic E-state index is 0.0443. The van der Waals surface area contributed by atoms with E-state index < -0.39 is 28.4 Å². The van der Waals surface area contributed by atoms with Gasteiger partial charge < -0.3 is 9.64 Å². The molecule has 0 aliphatic carbocycles. The van der Waals surface area contributed by atoms with Crippen molar-refractivity contribution < 1.29 is 26.3 Å². The van der Waals surface area contributed by atoms with Gasteiger partial charge in [-0.1, -0.05) is 6.07 Å². The molecule has 0 aromatic carbocycles. The zero-order chi connectivity index (χ0) is 18.9. The van der Waals surface area contributed by atoms with Crippen LogP contribution in [0, 0.1) is 0 Å². The number of aryl methyl sites for hydroxylation is 1. The molecule has 3 heterocycles. The normalized spacial score (nSPS) is 16.2. The fourth-order valence-corrected chi connectivity index (χ4v) is 4.81. The fourth-order valence-electron chi connectivity index (χ4n) is 2.77. The summed E-state index contributed by atoms with van der Waals surface area (Å²) in [6.07, 6.45) is -4.69. The molecule has 7 nitrogen and oxygen atoms in total. The van der Waals surface area contributed by atoms with Gasteiger partial charge in [-0.05, 0) is 11.4 Å². The maximum atomic E-state index is 13.4. The number of nitrogens with zero attached hydrogens (tertiary/aromatic N) is 3. The lowest BCUT2D eigenvalue weighted by atomic mass is 10.2. The van der Waals surface area contributed by atoms with Crippen molar-refractivity contribution in [2.24, 2.45) is 7.05 Å². The molecule has 12 heteroatoms. The molecule has 0 bridgehead atoms. The highest BCUT2D eigenvalue weighted by molar-refractivity contribution is 7.91. The van der Waals surface area contributed by atoms with Crippen LogP contribution in [0.5, 0.6) is 0 Å². The van der Waals surface area contributed by atoms with Crippen LogP contribution < -0.4 is 9.62 Å². The molecule has 1 aliphatic rings. The first-order valence-corrected chi connectivity index (χ1v) is 10.1. The summed E-state index contributed by atoms with van der Waals surface area (Å²) in [6.45, 7) is 1.07. The molecule has 0 saturated carbocycles. The summed E-state index contributed by atoms with van der Waals surface area (Å²) < 4.78 is 73.5. The summed E-state index contributed by atoms with van der Waals surface area (Å²) in [4.78, 5) is 1.72. The van der Waals surface area contributed by atoms with E-state index in [9.17, 15) is 21.6 Å². The Kier molecular flexibility index (Phi) is 5.28. The lowest BCUT2D eigenvalue weighted by Crippen LogP contribution is -2.38. The Morgan fingerprint density at radius 2 is 2.04 bits per heavy atom. The fraction of sp³-hybridized carbons (Fsp3) is 0.500. The van der Waals surface area contributed by atoms with Crippen LogP contribution >= 0.6 is 11.3 Å². The van der Waals surface area contributed by atoms with Crippen molar-refractivity contribution in [1.82, 2.24) is 14.5 Å². The molecule has 144 valence electrons. The third-order valence-corrected chi connectivity index (χ3v) is 6.69. The predicted molar refractivity (Wildman–Crippen MR) is 89.6 cm³/mol. The van der Waals surface area contributed by atoms with Crippen LogP contribution in [0.1, 0.15) is 11.3 Å². The third-order valence-electron chi connectivity index (χ3n) is 3.89. The van der Waals surface area contributed by atoms with Crippen LogP contribution in [0.2, 0.25) is 0 Å². The standard InChI is InChI=1S/C14H17F3N4O3S2/c1-20-13(21-4-6-24-7-5-21)10(12(19-20)14(15,16)17)9-18-26(22,23)11-3-2-8-25-11/h2-3,8,18H,4-7,9H2,1H3. The van der Waals surface area contributed by atoms with Crippen molar-refractivity contribution in [3.8, 4) is 0 Å². The maximum Gasteiger partial charge on any atom is 0.435 e. The van der Waals surface area contributed by atoms with E-state index in [0.29, 0.717) is 26.3 Å². The second-order valence-corrected chi connectivity index (χ2v) is 8.57. The van der Waals surface area contributed by atoms with Crippen molar-refractivity contribution in [3.63, 3.8) is 0 Å². The van der Waals surface area contributed by atoms with E-state index in [1.54, 1.807) is 16.3 Å². The van der Waals surface area contributed by atoms with E-state index in [1.807, 2.05) is 0 Å². The number of aromatic nitrogens is 2. The van der Waals surface area contributed by atoms with E-state index in [0.717, 1.165) is 16.0 Å². The number of alkyl halides is 3. The molecule has 0 spiro atoms. The van der Waals surface area contributed by atoms with Crippen molar-refractivity contribution in [2.75, 3.05) is 31.2 Å². The number of morpholine rings is 1. The van der Waals surface area contributed by atoms with Crippen molar-refractivity contribution in [1.29, 1.82) is 0 Å². The molecule has 3 rings (SSSR count). The molecular weight excluding hydrogens is 393 g/mol. The zero-order valence-corrected chi connectivity index (χ0v) is 15.4. The van der Waals surface area contributed by atoms with Crippen molar-refractivity contribution in [2.45, 2.75) is 16.9 Å². The molecule has 2 aromatic rings. The van der Waals surface area contributed by atoms with Crippen molar-refractivity contribution >= 4 is 27.2 Å². The SMILES string of the molecule is Cn1nc(C(F)(F)F)c(CNS(=O)(=O)c2cccs2)c1N1CCOCC1. The van der Waals surface area contributed by atoms with Gasteiger partial charge in [0.15, 0.2) is 5.69 Å². The second-order valence-electron chi connectivity index (χ2n) is 5.63. The van der Waals surface area contributed by atoms with Gasteiger partial charge in [-0.3, -0.25) is 4.68 Å². The van der Waals surface area contributed by atoms with Crippen LogP contribution in [0.3, 0.4) is 0 Å². The zero-order valence-electron chi connectivity index (χ0n) is 13.8. The molecule has 26 heavy (non-hydrogen) atoms. The summed E-state index contributed by atoms with van der Waals surface area (Å²) in [5, 5.41) is 5.18. The van der Waals surface area contributed by atoms with Gasteiger partial charge in [0.2, 0.25) is 10.0 Å². The Morgan fingerprint density at radius 1 is 1.35 bits per heavy atom. The number of ether oxygens (including phenoxy) is 1. The maximum absolute atomic E-state index is 13.4. The van der Waals surface area contributed by atoms with Gasteiger partial charge in [0.1, 0.15) is 10.0 Å². The Bertz CT molecular complexity index is 857. The monoisotopic (exact) mass is 410 g/mol. The number of halogens is 3. The van der Waals surface area contributed by atoms with Crippen LogP contribution in [0.25, 0.3) is 0 Å². The second kappa shape index (κ2) is 7.18. The molecule has 0 atom stereocenters. The summed E-state index contributed by atoms with van der Waals surface area (Å²) >= 11 is 0.992. The van der Waals surface area contributed by atoms with E-state index in [2.05, 4.69) is 9.82 Å². The molecule has 2 aromatic heterocycles. The van der Waals surface area contributed by atoms with Crippen molar-refractivity contribution in [3.05, 3.63) is 28.8 Å². The average molecular weight is 410 g/mol. The van der Waals surface area contributed by atoms with Gasteiger partial charge in [0.05, 0.1) is 13.2 Å². The molecule has 1 N–H and O–H groups in total. The van der Waals surface area contributed by atoms with Crippen LogP contribution in [0.4, 0.5) is 19.0 Å². The van der Waals surface area contributed by atoms with Crippen LogP contribution in [-0.2, 0) is 34.5 Å². The topological polar surface area (TPSA) is 76.5 Å². The number of rotatable bonds is 5. The first-order chi connectivity index (χ1) is 12.2. The van der Waals surface area contributed by atoms with E-state index in [1.165, 1.54) is 13.1 Å². The summed E-state index contributed by atoms with van der Waals surface area (Å²) in [7, 11) is -2.48. The third kappa shape index (κ3) is 3.87. The van der Waals surface area contributed by atoms with E-state index in [-0.39, 0.29) is 15.6 Å². The number of hydrogen-bond donors (Lipinski definition) is 1. The number of thiophene rings is 1. The highest BCUT2D eigenvalue weighted by Gasteiger charge is 2.40. The quantitative estimate of drug-likeness (QED) is 0.814. The first-order valence-electron chi connectivity index (χ1n) is 7.69. The molecular formula is C14H17F3N4O3S2. The number of anilines is 1. The minimum Gasteiger partial charge on any atom is -0.378 e. The molecule has 0 unspecified atom stereocenters.